The fraction of sp³-hybridized carbons (Fsp3) is 0.552. The standard InChI is InChI=1S/C29H37ClN2O5S/c1-5-15-31(23-19(3)11-10-12-20(23)30)26(35)24-29-14-13-28(4,38-29)22(27(36)37-18-6-2)21(29)25(34)32(24)16-8-7-9-17-33/h5-6,10-12,21-22,24,33H,1-2,7-9,13-18H2,3-4H3/t21-,22-,24?,28+,29?/m0/s1. The van der Waals surface area contributed by atoms with Crippen molar-refractivity contribution in [2.75, 3.05) is 31.2 Å². The number of carbonyl (C=O) groups excluding carboxylic acids is 3. The lowest BCUT2D eigenvalue weighted by atomic mass is 9.66. The number of esters is 1. The van der Waals surface area contributed by atoms with E-state index in [9.17, 15) is 19.5 Å². The van der Waals surface area contributed by atoms with Crippen molar-refractivity contribution in [1.29, 1.82) is 0 Å². The molecule has 3 aliphatic rings. The number of hydrogen-bond donors (Lipinski definition) is 1. The van der Waals surface area contributed by atoms with Crippen molar-refractivity contribution < 1.29 is 24.2 Å². The topological polar surface area (TPSA) is 87.1 Å². The molecule has 0 radical (unpaired) electrons. The minimum Gasteiger partial charge on any atom is -0.461 e. The maximum atomic E-state index is 14.6. The van der Waals surface area contributed by atoms with E-state index in [1.165, 1.54) is 6.08 Å². The molecule has 2 unspecified atom stereocenters. The van der Waals surface area contributed by atoms with E-state index in [0.29, 0.717) is 42.9 Å². The number of para-hydroxylation sites is 1. The number of fused-ring (bicyclic) bond motifs is 1. The minimum absolute atomic E-state index is 0.0766. The molecule has 38 heavy (non-hydrogen) atoms. The Morgan fingerprint density at radius 1 is 1.26 bits per heavy atom. The van der Waals surface area contributed by atoms with Crippen LogP contribution in [-0.4, -0.2) is 69.6 Å². The lowest BCUT2D eigenvalue weighted by molar-refractivity contribution is -0.154. The van der Waals surface area contributed by atoms with E-state index in [1.807, 2.05) is 26.0 Å². The van der Waals surface area contributed by atoms with E-state index in [0.717, 1.165) is 12.0 Å². The van der Waals surface area contributed by atoms with Crippen molar-refractivity contribution >= 4 is 46.8 Å². The highest BCUT2D eigenvalue weighted by atomic mass is 35.5. The van der Waals surface area contributed by atoms with Gasteiger partial charge in [0.05, 0.1) is 27.3 Å². The van der Waals surface area contributed by atoms with Gasteiger partial charge in [-0.25, -0.2) is 0 Å². The van der Waals surface area contributed by atoms with Crippen LogP contribution in [0.2, 0.25) is 5.02 Å². The molecule has 3 saturated heterocycles. The molecule has 1 spiro atoms. The number of unbranched alkanes of at least 4 members (excludes halogenated alkanes) is 2. The Hall–Kier alpha value is -2.29. The third-order valence-corrected chi connectivity index (χ3v) is 10.5. The fourth-order valence-corrected chi connectivity index (χ4v) is 9.30. The maximum absolute atomic E-state index is 14.6. The van der Waals surface area contributed by atoms with Crippen molar-refractivity contribution in [3.05, 3.63) is 54.1 Å². The van der Waals surface area contributed by atoms with Crippen molar-refractivity contribution in [3.63, 3.8) is 0 Å². The second kappa shape index (κ2) is 11.4. The Bertz CT molecular complexity index is 1110. The quantitative estimate of drug-likeness (QED) is 0.229. The molecule has 206 valence electrons. The van der Waals surface area contributed by atoms with Gasteiger partial charge in [0.2, 0.25) is 5.91 Å². The van der Waals surface area contributed by atoms with E-state index in [-0.39, 0.29) is 31.6 Å². The Morgan fingerprint density at radius 3 is 2.68 bits per heavy atom. The number of aliphatic hydroxyl groups excluding tert-OH is 1. The van der Waals surface area contributed by atoms with Gasteiger partial charge in [-0.05, 0) is 57.6 Å². The Kier molecular flexibility index (Phi) is 8.65. The summed E-state index contributed by atoms with van der Waals surface area (Å²) < 4.78 is 4.24. The average Bonchev–Trinajstić information content (AvgIpc) is 3.45. The molecule has 2 amide bonds. The molecular weight excluding hydrogens is 524 g/mol. The lowest BCUT2D eigenvalue weighted by Gasteiger charge is -2.37. The highest BCUT2D eigenvalue weighted by molar-refractivity contribution is 8.02. The van der Waals surface area contributed by atoms with Gasteiger partial charge in [-0.2, -0.15) is 0 Å². The number of nitrogens with zero attached hydrogens (tertiary/aromatic N) is 2. The van der Waals surface area contributed by atoms with Crippen LogP contribution >= 0.6 is 23.4 Å². The number of aryl methyl sites for hydroxylation is 1. The molecule has 3 fully saturated rings. The molecule has 7 nitrogen and oxygen atoms in total. The highest BCUT2D eigenvalue weighted by Gasteiger charge is 2.77. The smallest absolute Gasteiger partial charge is 0.311 e. The van der Waals surface area contributed by atoms with Crippen molar-refractivity contribution in [2.24, 2.45) is 11.8 Å². The summed E-state index contributed by atoms with van der Waals surface area (Å²) in [7, 11) is 0. The van der Waals surface area contributed by atoms with Crippen LogP contribution in [0.4, 0.5) is 5.69 Å². The number of benzene rings is 1. The van der Waals surface area contributed by atoms with Crippen LogP contribution in [0.5, 0.6) is 0 Å². The largest absolute Gasteiger partial charge is 0.461 e. The molecule has 0 aliphatic carbocycles. The lowest BCUT2D eigenvalue weighted by Crippen LogP contribution is -2.55. The predicted octanol–water partition coefficient (Wildman–Crippen LogP) is 4.54. The summed E-state index contributed by atoms with van der Waals surface area (Å²) in [5.41, 5.74) is 1.46. The van der Waals surface area contributed by atoms with Crippen molar-refractivity contribution in [3.8, 4) is 0 Å². The molecule has 9 heteroatoms. The summed E-state index contributed by atoms with van der Waals surface area (Å²) in [4.78, 5) is 45.4. The van der Waals surface area contributed by atoms with Crippen LogP contribution < -0.4 is 4.90 Å². The summed E-state index contributed by atoms with van der Waals surface area (Å²) >= 11 is 8.22. The van der Waals surface area contributed by atoms with Gasteiger partial charge in [0, 0.05) is 24.4 Å². The van der Waals surface area contributed by atoms with Crippen LogP contribution in [0.3, 0.4) is 0 Å². The minimum atomic E-state index is -0.756. The monoisotopic (exact) mass is 560 g/mol. The summed E-state index contributed by atoms with van der Waals surface area (Å²) in [6, 6.07) is 4.74. The van der Waals surface area contributed by atoms with Gasteiger partial charge in [0.15, 0.2) is 0 Å². The van der Waals surface area contributed by atoms with Gasteiger partial charge in [0.25, 0.3) is 5.91 Å². The molecule has 1 aromatic rings. The number of thioether (sulfide) groups is 1. The van der Waals surface area contributed by atoms with Gasteiger partial charge >= 0.3 is 5.97 Å². The fourth-order valence-electron chi connectivity index (χ4n) is 6.64. The molecule has 1 aromatic carbocycles. The number of amides is 2. The third kappa shape index (κ3) is 4.69. The first-order chi connectivity index (χ1) is 18.2. The summed E-state index contributed by atoms with van der Waals surface area (Å²) in [6.07, 6.45) is 6.56. The first-order valence-electron chi connectivity index (χ1n) is 13.2. The summed E-state index contributed by atoms with van der Waals surface area (Å²) in [5.74, 6) is -2.07. The zero-order chi connectivity index (χ0) is 27.7. The van der Waals surface area contributed by atoms with E-state index < -0.39 is 33.3 Å². The Morgan fingerprint density at radius 2 is 2.03 bits per heavy atom. The number of halogens is 1. The van der Waals surface area contributed by atoms with Gasteiger partial charge in [0.1, 0.15) is 12.6 Å². The van der Waals surface area contributed by atoms with Crippen LogP contribution in [0.15, 0.2) is 43.5 Å². The number of likely N-dealkylation sites (tertiary alicyclic amines) is 1. The second-order valence-corrected chi connectivity index (χ2v) is 12.9. The molecule has 1 N–H and O–H groups in total. The molecule has 3 aliphatic heterocycles. The third-order valence-electron chi connectivity index (χ3n) is 8.20. The molecular formula is C29H37ClN2O5S. The Balaban J connectivity index is 1.78. The van der Waals surface area contributed by atoms with Crippen LogP contribution in [-0.2, 0) is 19.1 Å². The van der Waals surface area contributed by atoms with Gasteiger partial charge in [-0.15, -0.1) is 18.3 Å². The molecule has 5 atom stereocenters. The first-order valence-corrected chi connectivity index (χ1v) is 14.4. The zero-order valence-corrected chi connectivity index (χ0v) is 23.7. The van der Waals surface area contributed by atoms with Gasteiger partial charge in [-0.1, -0.05) is 42.5 Å². The summed E-state index contributed by atoms with van der Waals surface area (Å²) in [5, 5.41) is 9.70. The van der Waals surface area contributed by atoms with Crippen molar-refractivity contribution in [2.45, 2.75) is 61.5 Å². The first kappa shape index (κ1) is 28.7. The number of aliphatic hydroxyl groups is 1. The zero-order valence-electron chi connectivity index (χ0n) is 22.2. The van der Waals surface area contributed by atoms with E-state index in [4.69, 9.17) is 16.3 Å². The number of rotatable bonds is 12. The molecule has 2 bridgehead atoms. The normalized spacial score (nSPS) is 29.3. The number of ether oxygens (including phenoxy) is 1. The van der Waals surface area contributed by atoms with Gasteiger partial charge in [-0.3, -0.25) is 14.4 Å². The Labute approximate surface area is 234 Å². The van der Waals surface area contributed by atoms with E-state index in [1.54, 1.807) is 33.7 Å². The highest BCUT2D eigenvalue weighted by Crippen LogP contribution is 2.71. The second-order valence-electron chi connectivity index (χ2n) is 10.6. The van der Waals surface area contributed by atoms with Crippen LogP contribution in [0, 0.1) is 18.8 Å². The summed E-state index contributed by atoms with van der Waals surface area (Å²) in [6.45, 7) is 12.2. The van der Waals surface area contributed by atoms with E-state index in [2.05, 4.69) is 13.2 Å². The molecule has 3 heterocycles. The van der Waals surface area contributed by atoms with Crippen LogP contribution in [0.1, 0.15) is 44.6 Å². The van der Waals surface area contributed by atoms with Crippen LogP contribution in [0.25, 0.3) is 0 Å². The SMILES string of the molecule is C=CCOC(=O)[C@@H]1[C@H]2C(=O)N(CCCCCO)C(C(=O)N(CC=C)c3c(C)cccc3Cl)C23CC[C@@]1(C)S3. The predicted molar refractivity (Wildman–Crippen MR) is 151 cm³/mol. The number of hydrogen-bond acceptors (Lipinski definition) is 6. The molecule has 0 aromatic heterocycles. The van der Waals surface area contributed by atoms with E-state index >= 15 is 0 Å². The molecule has 4 rings (SSSR count). The number of anilines is 1. The van der Waals surface area contributed by atoms with Crippen molar-refractivity contribution in [1.82, 2.24) is 4.90 Å². The average molecular weight is 561 g/mol. The maximum Gasteiger partial charge on any atom is 0.311 e. The van der Waals surface area contributed by atoms with Gasteiger partial charge < -0.3 is 19.6 Å². The number of carbonyl (C=O) groups is 3. The molecule has 0 saturated carbocycles.